The van der Waals surface area contributed by atoms with Crippen molar-refractivity contribution < 1.29 is 4.74 Å². The molecule has 1 N–H and O–H groups in total. The first-order valence-corrected chi connectivity index (χ1v) is 7.18. The van der Waals surface area contributed by atoms with Gasteiger partial charge in [0, 0.05) is 43.5 Å². The maximum atomic E-state index is 5.34. The number of aromatic nitrogens is 1. The molecule has 0 radical (unpaired) electrons. The molecule has 0 spiro atoms. The summed E-state index contributed by atoms with van der Waals surface area (Å²) in [6.45, 7) is 8.69. The van der Waals surface area contributed by atoms with Crippen molar-refractivity contribution in [3.8, 4) is 5.88 Å². The lowest BCUT2D eigenvalue weighted by Crippen LogP contribution is -2.59. The lowest BCUT2D eigenvalue weighted by Gasteiger charge is -2.43. The Labute approximate surface area is 116 Å². The van der Waals surface area contributed by atoms with Crippen LogP contribution in [0.2, 0.25) is 0 Å². The summed E-state index contributed by atoms with van der Waals surface area (Å²) < 4.78 is 5.34. The van der Waals surface area contributed by atoms with Crippen LogP contribution in [0.3, 0.4) is 0 Å². The third-order valence-corrected chi connectivity index (χ3v) is 4.25. The lowest BCUT2D eigenvalue weighted by atomic mass is 9.90. The number of nitrogens with one attached hydrogen (secondary N) is 1. The van der Waals surface area contributed by atoms with Gasteiger partial charge in [-0.2, -0.15) is 0 Å². The molecule has 4 nitrogen and oxygen atoms in total. The van der Waals surface area contributed by atoms with Crippen molar-refractivity contribution in [3.63, 3.8) is 0 Å². The molecule has 2 heterocycles. The fourth-order valence-corrected chi connectivity index (χ4v) is 2.87. The van der Waals surface area contributed by atoms with Gasteiger partial charge in [0.2, 0.25) is 5.88 Å². The first kappa shape index (κ1) is 14.3. The van der Waals surface area contributed by atoms with E-state index >= 15 is 0 Å². The quantitative estimate of drug-likeness (QED) is 0.882. The lowest BCUT2D eigenvalue weighted by molar-refractivity contribution is 0.117. The van der Waals surface area contributed by atoms with Gasteiger partial charge in [-0.05, 0) is 18.9 Å². The predicted molar refractivity (Wildman–Crippen MR) is 77.4 cm³/mol. The Balaban J connectivity index is 2.06. The third kappa shape index (κ3) is 3.25. The Morgan fingerprint density at radius 3 is 2.89 bits per heavy atom. The molecule has 0 aromatic carbocycles. The molecule has 106 valence electrons. The second-order valence-corrected chi connectivity index (χ2v) is 5.30. The molecular formula is C15H25N3O. The van der Waals surface area contributed by atoms with Crippen LogP contribution in [0.1, 0.15) is 32.3 Å². The van der Waals surface area contributed by atoms with Gasteiger partial charge in [0.1, 0.15) is 0 Å². The maximum absolute atomic E-state index is 5.34. The molecule has 1 aromatic heterocycles. The third-order valence-electron chi connectivity index (χ3n) is 4.25. The maximum Gasteiger partial charge on any atom is 0.217 e. The molecular weight excluding hydrogens is 238 g/mol. The van der Waals surface area contributed by atoms with Crippen LogP contribution < -0.4 is 10.1 Å². The van der Waals surface area contributed by atoms with Crippen LogP contribution in [-0.2, 0) is 6.54 Å². The van der Waals surface area contributed by atoms with Crippen molar-refractivity contribution in [1.29, 1.82) is 0 Å². The minimum absolute atomic E-state index is 0.272. The van der Waals surface area contributed by atoms with E-state index in [2.05, 4.69) is 35.1 Å². The molecule has 0 aliphatic carbocycles. The number of pyridine rings is 1. The highest BCUT2D eigenvalue weighted by Crippen LogP contribution is 2.23. The highest BCUT2D eigenvalue weighted by molar-refractivity contribution is 5.25. The number of piperazine rings is 1. The van der Waals surface area contributed by atoms with Crippen LogP contribution in [0.5, 0.6) is 5.88 Å². The van der Waals surface area contributed by atoms with Crippen LogP contribution in [0.4, 0.5) is 0 Å². The molecule has 0 bridgehead atoms. The summed E-state index contributed by atoms with van der Waals surface area (Å²) in [5.41, 5.74) is 1.45. The van der Waals surface area contributed by atoms with Crippen molar-refractivity contribution in [2.24, 2.45) is 0 Å². The number of hydrogen-bond donors (Lipinski definition) is 1. The summed E-state index contributed by atoms with van der Waals surface area (Å²) in [4.78, 5) is 6.78. The highest BCUT2D eigenvalue weighted by atomic mass is 16.5. The predicted octanol–water partition coefficient (Wildman–Crippen LogP) is 2.05. The van der Waals surface area contributed by atoms with E-state index in [1.54, 1.807) is 13.3 Å². The van der Waals surface area contributed by atoms with Gasteiger partial charge in [0.25, 0.3) is 0 Å². The van der Waals surface area contributed by atoms with Crippen molar-refractivity contribution in [2.75, 3.05) is 26.7 Å². The van der Waals surface area contributed by atoms with Gasteiger partial charge in [0.05, 0.1) is 7.11 Å². The summed E-state index contributed by atoms with van der Waals surface area (Å²) in [6, 6.07) is 4.08. The van der Waals surface area contributed by atoms with Gasteiger partial charge >= 0.3 is 0 Å². The monoisotopic (exact) mass is 263 g/mol. The summed E-state index contributed by atoms with van der Waals surface area (Å²) >= 11 is 0. The van der Waals surface area contributed by atoms with E-state index in [1.165, 1.54) is 18.4 Å². The first-order chi connectivity index (χ1) is 9.23. The molecule has 1 saturated heterocycles. The van der Waals surface area contributed by atoms with Crippen molar-refractivity contribution >= 4 is 0 Å². The number of hydrogen-bond acceptors (Lipinski definition) is 4. The van der Waals surface area contributed by atoms with Crippen LogP contribution in [0.25, 0.3) is 0 Å². The minimum Gasteiger partial charge on any atom is -0.481 e. The summed E-state index contributed by atoms with van der Waals surface area (Å²) in [6.07, 6.45) is 4.12. The van der Waals surface area contributed by atoms with Gasteiger partial charge in [-0.15, -0.1) is 0 Å². The van der Waals surface area contributed by atoms with E-state index in [1.807, 2.05) is 6.07 Å². The van der Waals surface area contributed by atoms with Gasteiger partial charge in [-0.1, -0.05) is 19.9 Å². The summed E-state index contributed by atoms with van der Waals surface area (Å²) in [5.74, 6) is 0.750. The van der Waals surface area contributed by atoms with E-state index < -0.39 is 0 Å². The smallest absolute Gasteiger partial charge is 0.217 e. The van der Waals surface area contributed by atoms with Crippen LogP contribution in [-0.4, -0.2) is 42.2 Å². The van der Waals surface area contributed by atoms with E-state index in [0.29, 0.717) is 0 Å². The fourth-order valence-electron chi connectivity index (χ4n) is 2.87. The topological polar surface area (TPSA) is 37.4 Å². The second kappa shape index (κ2) is 6.35. The van der Waals surface area contributed by atoms with Gasteiger partial charge in [-0.3, -0.25) is 4.90 Å². The molecule has 2 rings (SSSR count). The Morgan fingerprint density at radius 1 is 1.42 bits per heavy atom. The first-order valence-electron chi connectivity index (χ1n) is 7.18. The number of methoxy groups -OCH3 is 1. The molecule has 0 saturated carbocycles. The van der Waals surface area contributed by atoms with Crippen molar-refractivity contribution in [2.45, 2.75) is 38.8 Å². The fraction of sp³-hybridized carbons (Fsp3) is 0.667. The Bertz CT molecular complexity index is 404. The van der Waals surface area contributed by atoms with Gasteiger partial charge in [-0.25, -0.2) is 4.98 Å². The van der Waals surface area contributed by atoms with Crippen molar-refractivity contribution in [3.05, 3.63) is 23.9 Å². The SMILES string of the molecule is CCC1(CC)CN(Cc2cccnc2OC)CCN1. The minimum atomic E-state index is 0.272. The molecule has 1 fully saturated rings. The van der Waals surface area contributed by atoms with Gasteiger partial charge < -0.3 is 10.1 Å². The normalized spacial score (nSPS) is 19.3. The molecule has 0 amide bonds. The standard InChI is InChI=1S/C15H25N3O/c1-4-15(5-2)12-18(10-9-17-15)11-13-7-6-8-16-14(13)19-3/h6-8,17H,4-5,9-12H2,1-3H3. The Kier molecular flexibility index (Phi) is 4.77. The molecule has 0 unspecified atom stereocenters. The summed E-state index contributed by atoms with van der Waals surface area (Å²) in [7, 11) is 1.69. The average molecular weight is 263 g/mol. The molecule has 1 aromatic rings. The van der Waals surface area contributed by atoms with Crippen LogP contribution >= 0.6 is 0 Å². The molecule has 1 aliphatic rings. The number of ether oxygens (including phenoxy) is 1. The van der Waals surface area contributed by atoms with E-state index in [0.717, 1.165) is 32.1 Å². The molecule has 4 heteroatoms. The van der Waals surface area contributed by atoms with Gasteiger partial charge in [0.15, 0.2) is 0 Å². The zero-order valence-electron chi connectivity index (χ0n) is 12.3. The molecule has 1 aliphatic heterocycles. The van der Waals surface area contributed by atoms with Crippen LogP contribution in [0.15, 0.2) is 18.3 Å². The molecule has 0 atom stereocenters. The number of nitrogens with zero attached hydrogens (tertiary/aromatic N) is 2. The van der Waals surface area contributed by atoms with Crippen molar-refractivity contribution in [1.82, 2.24) is 15.2 Å². The second-order valence-electron chi connectivity index (χ2n) is 5.30. The zero-order valence-corrected chi connectivity index (χ0v) is 12.3. The highest BCUT2D eigenvalue weighted by Gasteiger charge is 2.31. The van der Waals surface area contributed by atoms with E-state index in [-0.39, 0.29) is 5.54 Å². The van der Waals surface area contributed by atoms with E-state index in [9.17, 15) is 0 Å². The number of rotatable bonds is 5. The van der Waals surface area contributed by atoms with Crippen LogP contribution in [0, 0.1) is 0 Å². The van der Waals surface area contributed by atoms with E-state index in [4.69, 9.17) is 4.74 Å². The molecule has 19 heavy (non-hydrogen) atoms. The largest absolute Gasteiger partial charge is 0.481 e. The average Bonchev–Trinajstić information content (AvgIpc) is 2.48. The Hall–Kier alpha value is -1.13. The summed E-state index contributed by atoms with van der Waals surface area (Å²) in [5, 5.41) is 3.69. The Morgan fingerprint density at radius 2 is 2.21 bits per heavy atom. The zero-order chi connectivity index (χ0) is 13.7.